The maximum absolute atomic E-state index is 12.5. The molecule has 1 saturated heterocycles. The van der Waals surface area contributed by atoms with Crippen LogP contribution in [0.2, 0.25) is 0 Å². The van der Waals surface area contributed by atoms with Gasteiger partial charge in [-0.05, 0) is 50.6 Å². The van der Waals surface area contributed by atoms with Crippen LogP contribution in [0.1, 0.15) is 31.2 Å². The van der Waals surface area contributed by atoms with Gasteiger partial charge in [-0.3, -0.25) is 4.79 Å². The van der Waals surface area contributed by atoms with Crippen LogP contribution >= 0.6 is 0 Å². The molecule has 2 rings (SSSR count). The molecule has 1 unspecified atom stereocenters. The summed E-state index contributed by atoms with van der Waals surface area (Å²) in [4.78, 5) is 12.5. The van der Waals surface area contributed by atoms with E-state index in [2.05, 4.69) is 10.6 Å². The van der Waals surface area contributed by atoms with Crippen molar-refractivity contribution in [3.05, 3.63) is 29.8 Å². The number of amides is 1. The smallest absolute Gasteiger partial charge is 0.227 e. The Labute approximate surface area is 138 Å². The van der Waals surface area contributed by atoms with Crippen LogP contribution < -0.4 is 15.4 Å². The highest BCUT2D eigenvalue weighted by atomic mass is 16.5. The van der Waals surface area contributed by atoms with E-state index in [4.69, 9.17) is 9.47 Å². The third-order valence-electron chi connectivity index (χ3n) is 4.76. The number of carbonyl (C=O) groups is 1. The molecule has 0 bridgehead atoms. The van der Waals surface area contributed by atoms with Gasteiger partial charge in [0.25, 0.3) is 0 Å². The van der Waals surface area contributed by atoms with Gasteiger partial charge in [0.15, 0.2) is 0 Å². The van der Waals surface area contributed by atoms with Crippen LogP contribution in [-0.4, -0.2) is 46.4 Å². The van der Waals surface area contributed by atoms with Gasteiger partial charge in [0, 0.05) is 19.1 Å². The Morgan fingerprint density at radius 2 is 1.91 bits per heavy atom. The van der Waals surface area contributed by atoms with Gasteiger partial charge in [0.2, 0.25) is 5.91 Å². The number of ether oxygens (including phenoxy) is 2. The Morgan fingerprint density at radius 3 is 2.48 bits per heavy atom. The highest BCUT2D eigenvalue weighted by Gasteiger charge is 2.33. The lowest BCUT2D eigenvalue weighted by atomic mass is 9.79. The number of carbonyl (C=O) groups excluding carboxylic acids is 1. The van der Waals surface area contributed by atoms with Crippen LogP contribution in [0.5, 0.6) is 5.75 Å². The molecule has 1 atom stereocenters. The van der Waals surface area contributed by atoms with Crippen LogP contribution in [0.4, 0.5) is 0 Å². The number of piperidine rings is 1. The van der Waals surface area contributed by atoms with Gasteiger partial charge in [0.1, 0.15) is 5.75 Å². The van der Waals surface area contributed by atoms with Gasteiger partial charge in [-0.25, -0.2) is 0 Å². The van der Waals surface area contributed by atoms with Crippen molar-refractivity contribution < 1.29 is 14.3 Å². The second-order valence-electron chi connectivity index (χ2n) is 6.40. The highest BCUT2D eigenvalue weighted by molar-refractivity contribution is 5.83. The van der Waals surface area contributed by atoms with Gasteiger partial charge >= 0.3 is 0 Å². The molecule has 1 amide bonds. The summed E-state index contributed by atoms with van der Waals surface area (Å²) in [6.07, 6.45) is 2.05. The second-order valence-corrected chi connectivity index (χ2v) is 6.40. The average Bonchev–Trinajstić information content (AvgIpc) is 2.60. The Balaban J connectivity index is 1.93. The summed E-state index contributed by atoms with van der Waals surface area (Å²) < 4.78 is 10.6. The first-order chi connectivity index (χ1) is 11.1. The molecule has 0 radical (unpaired) electrons. The average molecular weight is 320 g/mol. The molecule has 1 fully saturated rings. The van der Waals surface area contributed by atoms with Crippen molar-refractivity contribution >= 4 is 5.91 Å². The highest BCUT2D eigenvalue weighted by Crippen LogP contribution is 2.28. The van der Waals surface area contributed by atoms with E-state index in [9.17, 15) is 4.79 Å². The van der Waals surface area contributed by atoms with E-state index in [1.165, 1.54) is 0 Å². The van der Waals surface area contributed by atoms with E-state index in [0.717, 1.165) is 37.2 Å². The summed E-state index contributed by atoms with van der Waals surface area (Å²) in [6.45, 7) is 5.25. The third kappa shape index (κ3) is 4.69. The molecule has 1 heterocycles. The fraction of sp³-hybridized carbons (Fsp3) is 0.611. The molecular weight excluding hydrogens is 292 g/mol. The normalized spacial score (nSPS) is 18.2. The van der Waals surface area contributed by atoms with E-state index < -0.39 is 0 Å². The first kappa shape index (κ1) is 17.8. The topological polar surface area (TPSA) is 59.6 Å². The number of rotatable bonds is 7. The van der Waals surface area contributed by atoms with Crippen LogP contribution in [0, 0.1) is 5.41 Å². The molecule has 0 saturated carbocycles. The molecule has 0 aliphatic carbocycles. The predicted molar refractivity (Wildman–Crippen MR) is 90.8 cm³/mol. The van der Waals surface area contributed by atoms with Crippen LogP contribution in [-0.2, 0) is 9.53 Å². The van der Waals surface area contributed by atoms with E-state index >= 15 is 0 Å². The number of hydrogen-bond donors (Lipinski definition) is 2. The van der Waals surface area contributed by atoms with E-state index in [1.54, 1.807) is 14.2 Å². The Morgan fingerprint density at radius 1 is 1.26 bits per heavy atom. The van der Waals surface area contributed by atoms with Gasteiger partial charge in [-0.15, -0.1) is 0 Å². The molecule has 23 heavy (non-hydrogen) atoms. The number of benzene rings is 1. The lowest BCUT2D eigenvalue weighted by Gasteiger charge is -2.37. The van der Waals surface area contributed by atoms with Crippen molar-refractivity contribution in [3.63, 3.8) is 0 Å². The summed E-state index contributed by atoms with van der Waals surface area (Å²) in [6, 6.07) is 7.66. The minimum absolute atomic E-state index is 0.0509. The van der Waals surface area contributed by atoms with Gasteiger partial charge in [0.05, 0.1) is 19.6 Å². The standard InChI is InChI=1S/C18H28N2O3/c1-14(15-4-6-16(23-3)7-5-15)17(21)20-12-18(13-22-2)8-10-19-11-9-18/h4-7,14,19H,8-13H2,1-3H3,(H,20,21). The molecule has 0 aromatic heterocycles. The van der Waals surface area contributed by atoms with E-state index in [0.29, 0.717) is 13.2 Å². The lowest BCUT2D eigenvalue weighted by molar-refractivity contribution is -0.123. The van der Waals surface area contributed by atoms with Crippen molar-refractivity contribution in [2.24, 2.45) is 5.41 Å². The fourth-order valence-electron chi connectivity index (χ4n) is 3.11. The van der Waals surface area contributed by atoms with Gasteiger partial charge in [-0.2, -0.15) is 0 Å². The summed E-state index contributed by atoms with van der Waals surface area (Å²) in [5, 5.41) is 6.49. The fourth-order valence-corrected chi connectivity index (χ4v) is 3.11. The van der Waals surface area contributed by atoms with E-state index in [-0.39, 0.29) is 17.2 Å². The van der Waals surface area contributed by atoms with Crippen LogP contribution in [0.25, 0.3) is 0 Å². The zero-order chi connectivity index (χ0) is 16.7. The van der Waals surface area contributed by atoms with Crippen molar-refractivity contribution in [2.45, 2.75) is 25.7 Å². The summed E-state index contributed by atoms with van der Waals surface area (Å²) in [7, 11) is 3.37. The van der Waals surface area contributed by atoms with Crippen LogP contribution in [0.3, 0.4) is 0 Å². The number of hydrogen-bond acceptors (Lipinski definition) is 4. The van der Waals surface area contributed by atoms with E-state index in [1.807, 2.05) is 31.2 Å². The Hall–Kier alpha value is -1.59. The second kappa shape index (κ2) is 8.31. The molecule has 5 heteroatoms. The minimum Gasteiger partial charge on any atom is -0.497 e. The maximum Gasteiger partial charge on any atom is 0.227 e. The van der Waals surface area contributed by atoms with Crippen molar-refractivity contribution in [3.8, 4) is 5.75 Å². The van der Waals surface area contributed by atoms with Crippen molar-refractivity contribution in [2.75, 3.05) is 40.5 Å². The third-order valence-corrected chi connectivity index (χ3v) is 4.76. The Bertz CT molecular complexity index is 490. The molecule has 1 aliphatic rings. The molecule has 0 spiro atoms. The molecule has 1 aromatic carbocycles. The SMILES string of the molecule is COCC1(CNC(=O)C(C)c2ccc(OC)cc2)CCNCC1. The molecule has 1 aromatic rings. The van der Waals surface area contributed by atoms with Gasteiger partial charge in [-0.1, -0.05) is 12.1 Å². The quantitative estimate of drug-likeness (QED) is 0.806. The lowest BCUT2D eigenvalue weighted by Crippen LogP contribution is -2.47. The molecule has 2 N–H and O–H groups in total. The van der Waals surface area contributed by atoms with Crippen molar-refractivity contribution in [1.82, 2.24) is 10.6 Å². The molecule has 128 valence electrons. The first-order valence-electron chi connectivity index (χ1n) is 8.21. The summed E-state index contributed by atoms with van der Waals surface area (Å²) in [5.74, 6) is 0.682. The maximum atomic E-state index is 12.5. The monoisotopic (exact) mass is 320 g/mol. The molecular formula is C18H28N2O3. The van der Waals surface area contributed by atoms with Crippen LogP contribution in [0.15, 0.2) is 24.3 Å². The predicted octanol–water partition coefficient (Wildman–Crippen LogP) is 1.93. The largest absolute Gasteiger partial charge is 0.497 e. The first-order valence-corrected chi connectivity index (χ1v) is 8.21. The zero-order valence-corrected chi connectivity index (χ0v) is 14.4. The van der Waals surface area contributed by atoms with Gasteiger partial charge < -0.3 is 20.1 Å². The number of methoxy groups -OCH3 is 2. The molecule has 5 nitrogen and oxygen atoms in total. The molecule has 1 aliphatic heterocycles. The zero-order valence-electron chi connectivity index (χ0n) is 14.4. The minimum atomic E-state index is -0.179. The summed E-state index contributed by atoms with van der Waals surface area (Å²) in [5.41, 5.74) is 1.05. The number of nitrogens with one attached hydrogen (secondary N) is 2. The van der Waals surface area contributed by atoms with Crippen molar-refractivity contribution in [1.29, 1.82) is 0 Å². The summed E-state index contributed by atoms with van der Waals surface area (Å²) >= 11 is 0. The Kier molecular flexibility index (Phi) is 6.42.